The Labute approximate surface area is 539 Å². The Hall–Kier alpha value is -7.53. The number of esters is 4. The molecule has 2 aromatic carbocycles. The number of amides is 5. The van der Waals surface area contributed by atoms with Gasteiger partial charge in [0, 0.05) is 61.2 Å². The summed E-state index contributed by atoms with van der Waals surface area (Å²) in [7, 11) is 9.36. The van der Waals surface area contributed by atoms with Crippen LogP contribution in [-0.2, 0) is 87.6 Å². The molecule has 28 nitrogen and oxygen atoms in total. The Kier molecular flexibility index (Phi) is 30.2. The lowest BCUT2D eigenvalue weighted by molar-refractivity contribution is -0.387. The summed E-state index contributed by atoms with van der Waals surface area (Å²) in [6, 6.07) is 9.47. The van der Waals surface area contributed by atoms with Crippen LogP contribution in [0.4, 0.5) is 10.5 Å². The molecule has 92 heavy (non-hydrogen) atoms. The van der Waals surface area contributed by atoms with E-state index in [4.69, 9.17) is 47.4 Å². The molecule has 2 aliphatic rings. The summed E-state index contributed by atoms with van der Waals surface area (Å²) in [5, 5.41) is 18.7. The van der Waals surface area contributed by atoms with Gasteiger partial charge in [-0.1, -0.05) is 91.3 Å². The molecule has 5 amide bonds. The van der Waals surface area contributed by atoms with Gasteiger partial charge in [-0.15, -0.1) is 0 Å². The lowest BCUT2D eigenvalue weighted by atomic mass is 9.89. The first-order valence-electron chi connectivity index (χ1n) is 31.0. The lowest BCUT2D eigenvalue weighted by Gasteiger charge is -2.42. The SMILES string of the molecule is CC[C@H](C)[C@@H]([C@@H](CC(=O)N1CCC[C@H]1[C@H](OC)[C@@H](C)C(=O)N[C@H](C)[C@@H](OCN(CC)C(=O)OCc1ccc(O[C@@H]2O[C@H](C(=O)OC)[C@@H](OC(C)=O)[C@H](OC(C)=O)[C@H]2OC(C)=O)c([N+](=O)[O-])c1)c1ccccc1)OC)N(C)C(=O)[C@@H](NC(=O)[C@H](C(C)C)N(C)C)C(C)C. The second-order valence-electron chi connectivity index (χ2n) is 24.2. The molecule has 0 saturated carbocycles. The first kappa shape index (κ1) is 76.9. The van der Waals surface area contributed by atoms with Crippen molar-refractivity contribution in [1.82, 2.24) is 30.2 Å². The first-order chi connectivity index (χ1) is 43.4. The normalized spacial score (nSPS) is 21.0. The van der Waals surface area contributed by atoms with Gasteiger partial charge >= 0.3 is 35.7 Å². The molecule has 28 heteroatoms. The second-order valence-corrected chi connectivity index (χ2v) is 24.2. The maximum absolute atomic E-state index is 14.6. The highest BCUT2D eigenvalue weighted by molar-refractivity contribution is 5.90. The van der Waals surface area contributed by atoms with Crippen LogP contribution in [0.3, 0.4) is 0 Å². The van der Waals surface area contributed by atoms with Gasteiger partial charge in [-0.2, -0.15) is 0 Å². The number of likely N-dealkylation sites (tertiary alicyclic amines) is 1. The Bertz CT molecular complexity index is 2820. The van der Waals surface area contributed by atoms with E-state index in [1.54, 1.807) is 61.9 Å². The zero-order valence-corrected chi connectivity index (χ0v) is 56.4. The Morgan fingerprint density at radius 1 is 0.783 bits per heavy atom. The van der Waals surface area contributed by atoms with Crippen molar-refractivity contribution in [2.24, 2.45) is 23.7 Å². The van der Waals surface area contributed by atoms with Crippen molar-refractivity contribution in [3.63, 3.8) is 0 Å². The third-order valence-electron chi connectivity index (χ3n) is 16.6. The number of methoxy groups -OCH3 is 3. The standard InChI is InChI=1S/C64H97N7O21/c1-19-37(7)52(68(15)61(78)50(35(3)4)66-60(77)51(36(5)6)67(13)14)48(83-16)32-49(75)70-30-24-27-45(70)53(84-17)38(8)59(76)65-39(9)54(44-25-22-21-23-26-44)87-34-69(20-2)64(80)86-33-43-28-29-47(46(31-43)71(81)82)91-63-58(90-42(12)74)56(89-41(11)73)55(88-40(10)72)57(92-63)62(79)85-18/h21-23,25-26,28-29,31,35-39,45,48,50-58,63H,19-20,24,27,30,32-34H2,1-18H3,(H,65,76)(H,66,77)/t37-,38+,39+,45-,48+,50-,51-,52-,53+,54+,55-,56-,57-,58+,63+/m0/s1. The number of carbonyl (C=O) groups excluding carboxylic acids is 9. The van der Waals surface area contributed by atoms with E-state index in [1.807, 2.05) is 66.6 Å². The molecule has 0 spiro atoms. The van der Waals surface area contributed by atoms with Gasteiger partial charge < -0.3 is 67.8 Å². The van der Waals surface area contributed by atoms with E-state index in [9.17, 15) is 53.3 Å². The minimum atomic E-state index is -1.90. The summed E-state index contributed by atoms with van der Waals surface area (Å²) in [6.07, 6.45) is -10.3. The lowest BCUT2D eigenvalue weighted by Crippen LogP contribution is -2.64. The van der Waals surface area contributed by atoms with Crippen molar-refractivity contribution in [2.75, 3.05) is 62.3 Å². The molecule has 2 heterocycles. The van der Waals surface area contributed by atoms with Gasteiger partial charge in [-0.25, -0.2) is 9.59 Å². The number of rotatable bonds is 33. The number of benzene rings is 2. The number of nitro benzene ring substituents is 1. The van der Waals surface area contributed by atoms with Crippen LogP contribution in [0, 0.1) is 33.8 Å². The minimum Gasteiger partial charge on any atom is -0.467 e. The largest absolute Gasteiger partial charge is 0.467 e. The molecule has 2 aliphatic heterocycles. The molecule has 2 saturated heterocycles. The van der Waals surface area contributed by atoms with Crippen LogP contribution in [0.1, 0.15) is 126 Å². The molecule has 0 unspecified atom stereocenters. The van der Waals surface area contributed by atoms with Crippen molar-refractivity contribution in [3.05, 3.63) is 69.8 Å². The maximum atomic E-state index is 14.6. The van der Waals surface area contributed by atoms with Crippen LogP contribution in [-0.4, -0.2) is 214 Å². The predicted molar refractivity (Wildman–Crippen MR) is 332 cm³/mol. The van der Waals surface area contributed by atoms with E-state index in [0.717, 1.165) is 40.0 Å². The molecular weight excluding hydrogens is 1200 g/mol. The second kappa shape index (κ2) is 36.1. The van der Waals surface area contributed by atoms with Gasteiger partial charge in [0.15, 0.2) is 24.1 Å². The summed E-state index contributed by atoms with van der Waals surface area (Å²) in [5.74, 6) is -6.77. The highest BCUT2D eigenvalue weighted by Gasteiger charge is 2.56. The number of nitrogens with one attached hydrogen (secondary N) is 2. The smallest absolute Gasteiger partial charge is 0.411 e. The molecule has 0 aromatic heterocycles. The molecule has 2 fully saturated rings. The summed E-state index contributed by atoms with van der Waals surface area (Å²) < 4.78 is 56.7. The van der Waals surface area contributed by atoms with Crippen molar-refractivity contribution in [3.8, 4) is 5.75 Å². The van der Waals surface area contributed by atoms with E-state index in [0.29, 0.717) is 31.4 Å². The van der Waals surface area contributed by atoms with E-state index >= 15 is 0 Å². The third-order valence-corrected chi connectivity index (χ3v) is 16.6. The minimum absolute atomic E-state index is 0.0127. The van der Waals surface area contributed by atoms with Crippen molar-refractivity contribution < 1.29 is 95.4 Å². The molecule has 0 radical (unpaired) electrons. The Morgan fingerprint density at radius 3 is 1.93 bits per heavy atom. The number of nitro groups is 1. The van der Waals surface area contributed by atoms with Crippen molar-refractivity contribution >= 4 is 59.3 Å². The number of carbonyl (C=O) groups is 9. The summed E-state index contributed by atoms with van der Waals surface area (Å²) >= 11 is 0. The van der Waals surface area contributed by atoms with Crippen LogP contribution < -0.4 is 15.4 Å². The van der Waals surface area contributed by atoms with Gasteiger partial charge in [-0.3, -0.25) is 53.5 Å². The van der Waals surface area contributed by atoms with Crippen LogP contribution in [0.25, 0.3) is 0 Å². The van der Waals surface area contributed by atoms with E-state index < -0.39 is 144 Å². The number of hydrogen-bond donors (Lipinski definition) is 2. The fraction of sp³-hybridized carbons (Fsp3) is 0.672. The monoisotopic (exact) mass is 1300 g/mol. The zero-order chi connectivity index (χ0) is 69.0. The van der Waals surface area contributed by atoms with Crippen LogP contribution in [0.2, 0.25) is 0 Å². The topological polar surface area (TPSA) is 326 Å². The van der Waals surface area contributed by atoms with Crippen LogP contribution in [0.5, 0.6) is 5.75 Å². The van der Waals surface area contributed by atoms with E-state index in [-0.39, 0.29) is 60.7 Å². The highest BCUT2D eigenvalue weighted by atomic mass is 16.7. The molecule has 15 atom stereocenters. The Balaban J connectivity index is 1.49. The van der Waals surface area contributed by atoms with Crippen molar-refractivity contribution in [2.45, 2.75) is 195 Å². The quantitative estimate of drug-likeness (QED) is 0.0293. The third kappa shape index (κ3) is 20.5. The van der Waals surface area contributed by atoms with Crippen LogP contribution in [0.15, 0.2) is 48.5 Å². The summed E-state index contributed by atoms with van der Waals surface area (Å²) in [4.78, 5) is 139. The van der Waals surface area contributed by atoms with Gasteiger partial charge in [0.25, 0.3) is 0 Å². The molecule has 4 rings (SSSR count). The molecule has 0 aliphatic carbocycles. The number of ether oxygens (including phenoxy) is 10. The number of nitrogens with zero attached hydrogens (tertiary/aromatic N) is 5. The predicted octanol–water partition coefficient (Wildman–Crippen LogP) is 5.49. The maximum Gasteiger partial charge on any atom is 0.411 e. The fourth-order valence-corrected chi connectivity index (χ4v) is 11.9. The Morgan fingerprint density at radius 2 is 1.40 bits per heavy atom. The van der Waals surface area contributed by atoms with Gasteiger partial charge in [0.1, 0.15) is 25.5 Å². The fourth-order valence-electron chi connectivity index (χ4n) is 11.9. The summed E-state index contributed by atoms with van der Waals surface area (Å²) in [6.45, 7) is 19.5. The van der Waals surface area contributed by atoms with Gasteiger partial charge in [0.2, 0.25) is 36.0 Å². The summed E-state index contributed by atoms with van der Waals surface area (Å²) in [5.41, 5.74) is 0.0912. The molecule has 2 N–H and O–H groups in total. The van der Waals surface area contributed by atoms with E-state index in [1.165, 1.54) is 25.2 Å². The number of likely N-dealkylation sites (N-methyl/N-ethyl adjacent to an activating group) is 2. The van der Waals surface area contributed by atoms with Gasteiger partial charge in [-0.05, 0) is 75.7 Å². The first-order valence-corrected chi connectivity index (χ1v) is 31.0. The number of hydrogen-bond acceptors (Lipinski definition) is 22. The molecular formula is C64H97N7O21. The highest BCUT2D eigenvalue weighted by Crippen LogP contribution is 2.36. The molecule has 0 bridgehead atoms. The zero-order valence-electron chi connectivity index (χ0n) is 56.4. The average molecular weight is 1300 g/mol. The van der Waals surface area contributed by atoms with Gasteiger partial charge in [0.05, 0.1) is 60.7 Å². The molecule has 514 valence electrons. The van der Waals surface area contributed by atoms with E-state index in [2.05, 4.69) is 10.6 Å². The van der Waals surface area contributed by atoms with Crippen LogP contribution >= 0.6 is 0 Å². The average Bonchev–Trinajstić information content (AvgIpc) is 0.881. The molecule has 2 aromatic rings. The van der Waals surface area contributed by atoms with Crippen molar-refractivity contribution in [1.29, 1.82) is 0 Å².